The number of likely N-dealkylation sites (N-methyl/N-ethyl adjacent to an activating group) is 1. The molecule has 29 heavy (non-hydrogen) atoms. The molecule has 1 aromatic heterocycles. The summed E-state index contributed by atoms with van der Waals surface area (Å²) in [4.78, 5) is 20.6. The molecular weight excluding hydrogens is 366 g/mol. The molecule has 1 atom stereocenters. The van der Waals surface area contributed by atoms with E-state index in [1.165, 1.54) is 0 Å². The third kappa shape index (κ3) is 5.60. The Morgan fingerprint density at radius 3 is 2.62 bits per heavy atom. The number of aliphatic imine (C=N–C) groups is 1. The summed E-state index contributed by atoms with van der Waals surface area (Å²) in [6.07, 6.45) is 3.29. The number of hydrogen-bond donors (Lipinski definition) is 2. The van der Waals surface area contributed by atoms with Gasteiger partial charge in [-0.2, -0.15) is 0 Å². The van der Waals surface area contributed by atoms with Crippen molar-refractivity contribution in [3.63, 3.8) is 0 Å². The van der Waals surface area contributed by atoms with Crippen LogP contribution in [0.15, 0.2) is 52.1 Å². The number of amides is 1. The van der Waals surface area contributed by atoms with Crippen LogP contribution in [0.2, 0.25) is 0 Å². The number of rotatable bonds is 8. The van der Waals surface area contributed by atoms with Crippen molar-refractivity contribution in [1.29, 1.82) is 0 Å². The molecule has 156 valence electrons. The van der Waals surface area contributed by atoms with Gasteiger partial charge in [-0.25, -0.2) is 4.99 Å². The first-order chi connectivity index (χ1) is 14.1. The maximum atomic E-state index is 11.9. The molecular formula is C22H31N5O2. The summed E-state index contributed by atoms with van der Waals surface area (Å²) < 4.78 is 5.57. The Hall–Kier alpha value is -2.80. The zero-order valence-corrected chi connectivity index (χ0v) is 17.5. The molecule has 0 saturated carbocycles. The Balaban J connectivity index is 1.60. The summed E-state index contributed by atoms with van der Waals surface area (Å²) in [7, 11) is 4.07. The first kappa shape index (κ1) is 20.9. The average Bonchev–Trinajstić information content (AvgIpc) is 3.38. The minimum Gasteiger partial charge on any atom is -0.468 e. The highest BCUT2D eigenvalue weighted by Crippen LogP contribution is 2.22. The molecule has 1 fully saturated rings. The molecule has 0 radical (unpaired) electrons. The fraction of sp³-hybridized carbons (Fsp3) is 0.455. The van der Waals surface area contributed by atoms with E-state index >= 15 is 0 Å². The molecule has 1 aromatic carbocycles. The van der Waals surface area contributed by atoms with Gasteiger partial charge in [0.2, 0.25) is 5.91 Å². The fourth-order valence-corrected chi connectivity index (χ4v) is 3.43. The SMILES string of the molecule is CCNC(=NCc1ccc(N2CCCC2=O)cc1)NCC(c1ccco1)N(C)C. The summed E-state index contributed by atoms with van der Waals surface area (Å²) in [6.45, 7) is 4.90. The largest absolute Gasteiger partial charge is 0.468 e. The van der Waals surface area contributed by atoms with Crippen LogP contribution >= 0.6 is 0 Å². The molecule has 1 aliphatic rings. The van der Waals surface area contributed by atoms with Crippen LogP contribution in [0.4, 0.5) is 5.69 Å². The lowest BCUT2D eigenvalue weighted by molar-refractivity contribution is -0.117. The summed E-state index contributed by atoms with van der Waals surface area (Å²) in [5, 5.41) is 6.70. The second-order valence-corrected chi connectivity index (χ2v) is 7.39. The van der Waals surface area contributed by atoms with Gasteiger partial charge in [-0.15, -0.1) is 0 Å². The normalized spacial score (nSPS) is 15.8. The van der Waals surface area contributed by atoms with E-state index in [-0.39, 0.29) is 11.9 Å². The monoisotopic (exact) mass is 397 g/mol. The number of nitrogens with zero attached hydrogens (tertiary/aromatic N) is 3. The Morgan fingerprint density at radius 1 is 1.24 bits per heavy atom. The molecule has 2 heterocycles. The van der Waals surface area contributed by atoms with Crippen LogP contribution in [0.1, 0.15) is 37.1 Å². The Morgan fingerprint density at radius 2 is 2.03 bits per heavy atom. The summed E-state index contributed by atoms with van der Waals surface area (Å²) in [5.74, 6) is 1.90. The van der Waals surface area contributed by atoms with Gasteiger partial charge in [0.15, 0.2) is 5.96 Å². The van der Waals surface area contributed by atoms with E-state index in [4.69, 9.17) is 9.41 Å². The molecule has 3 rings (SSSR count). The Bertz CT molecular complexity index is 799. The van der Waals surface area contributed by atoms with Gasteiger partial charge in [0.05, 0.1) is 18.8 Å². The van der Waals surface area contributed by atoms with Crippen LogP contribution in [0.3, 0.4) is 0 Å². The van der Waals surface area contributed by atoms with E-state index < -0.39 is 0 Å². The highest BCUT2D eigenvalue weighted by molar-refractivity contribution is 5.95. The lowest BCUT2D eigenvalue weighted by atomic mass is 10.2. The van der Waals surface area contributed by atoms with Crippen LogP contribution in [-0.4, -0.2) is 50.5 Å². The lowest BCUT2D eigenvalue weighted by Gasteiger charge is -2.23. The molecule has 1 saturated heterocycles. The minimum absolute atomic E-state index is 0.117. The number of nitrogens with one attached hydrogen (secondary N) is 2. The van der Waals surface area contributed by atoms with Gasteiger partial charge in [0.1, 0.15) is 5.76 Å². The van der Waals surface area contributed by atoms with Crippen molar-refractivity contribution in [2.45, 2.75) is 32.4 Å². The summed E-state index contributed by atoms with van der Waals surface area (Å²) in [5.41, 5.74) is 2.07. The van der Waals surface area contributed by atoms with E-state index in [9.17, 15) is 4.79 Å². The van der Waals surface area contributed by atoms with Gasteiger partial charge in [0, 0.05) is 31.7 Å². The smallest absolute Gasteiger partial charge is 0.227 e. The maximum absolute atomic E-state index is 11.9. The molecule has 0 spiro atoms. The van der Waals surface area contributed by atoms with Gasteiger partial charge in [0.25, 0.3) is 0 Å². The second-order valence-electron chi connectivity index (χ2n) is 7.39. The highest BCUT2D eigenvalue weighted by atomic mass is 16.3. The van der Waals surface area contributed by atoms with Gasteiger partial charge >= 0.3 is 0 Å². The average molecular weight is 398 g/mol. The molecule has 7 heteroatoms. The second kappa shape index (κ2) is 10.1. The van der Waals surface area contributed by atoms with Crippen molar-refractivity contribution in [3.8, 4) is 0 Å². The van der Waals surface area contributed by atoms with Crippen LogP contribution in [0.5, 0.6) is 0 Å². The fourth-order valence-electron chi connectivity index (χ4n) is 3.43. The Labute approximate surface area is 172 Å². The molecule has 2 aromatic rings. The number of hydrogen-bond acceptors (Lipinski definition) is 4. The van der Waals surface area contributed by atoms with E-state index in [0.717, 1.165) is 42.5 Å². The van der Waals surface area contributed by atoms with Crippen LogP contribution in [0, 0.1) is 0 Å². The topological polar surface area (TPSA) is 73.1 Å². The van der Waals surface area contributed by atoms with Crippen molar-refractivity contribution in [1.82, 2.24) is 15.5 Å². The van der Waals surface area contributed by atoms with Crippen molar-refractivity contribution in [2.24, 2.45) is 4.99 Å². The highest BCUT2D eigenvalue weighted by Gasteiger charge is 2.21. The summed E-state index contributed by atoms with van der Waals surface area (Å²) >= 11 is 0. The number of anilines is 1. The van der Waals surface area contributed by atoms with Gasteiger partial charge in [-0.3, -0.25) is 9.69 Å². The van der Waals surface area contributed by atoms with Crippen molar-refractivity contribution >= 4 is 17.6 Å². The molecule has 1 amide bonds. The van der Waals surface area contributed by atoms with Crippen molar-refractivity contribution in [2.75, 3.05) is 38.6 Å². The molecule has 7 nitrogen and oxygen atoms in total. The standard InChI is InChI=1S/C22H31N5O2/c1-4-23-22(25-16-19(26(2)3)20-7-6-14-29-20)24-15-17-9-11-18(12-10-17)27-13-5-8-21(27)28/h6-7,9-12,14,19H,4-5,8,13,15-16H2,1-3H3,(H2,23,24,25). The number of carbonyl (C=O) groups excluding carboxylic acids is 1. The van der Waals surface area contributed by atoms with Crippen molar-refractivity contribution < 1.29 is 9.21 Å². The predicted octanol–water partition coefficient (Wildman–Crippen LogP) is 2.76. The number of furan rings is 1. The van der Waals surface area contributed by atoms with E-state index in [2.05, 4.69) is 22.5 Å². The molecule has 0 aliphatic carbocycles. The first-order valence-corrected chi connectivity index (χ1v) is 10.2. The molecule has 0 bridgehead atoms. The first-order valence-electron chi connectivity index (χ1n) is 10.2. The number of benzene rings is 1. The lowest BCUT2D eigenvalue weighted by Crippen LogP contribution is -2.41. The van der Waals surface area contributed by atoms with E-state index in [1.807, 2.05) is 55.4 Å². The quantitative estimate of drug-likeness (QED) is 0.529. The van der Waals surface area contributed by atoms with Gasteiger partial charge in [-0.1, -0.05) is 12.1 Å². The van der Waals surface area contributed by atoms with E-state index in [0.29, 0.717) is 19.5 Å². The summed E-state index contributed by atoms with van der Waals surface area (Å²) in [6, 6.07) is 12.1. The maximum Gasteiger partial charge on any atom is 0.227 e. The Kier molecular flexibility index (Phi) is 7.30. The number of carbonyl (C=O) groups is 1. The third-order valence-electron chi connectivity index (χ3n) is 5.04. The van der Waals surface area contributed by atoms with Crippen LogP contribution < -0.4 is 15.5 Å². The van der Waals surface area contributed by atoms with Crippen molar-refractivity contribution in [3.05, 3.63) is 54.0 Å². The van der Waals surface area contributed by atoms with Gasteiger partial charge < -0.3 is 20.0 Å². The molecule has 2 N–H and O–H groups in total. The van der Waals surface area contributed by atoms with Crippen LogP contribution in [-0.2, 0) is 11.3 Å². The zero-order valence-electron chi connectivity index (χ0n) is 17.5. The number of guanidine groups is 1. The van der Waals surface area contributed by atoms with E-state index in [1.54, 1.807) is 6.26 Å². The molecule has 1 aliphatic heterocycles. The minimum atomic E-state index is 0.117. The molecule has 1 unspecified atom stereocenters. The zero-order chi connectivity index (χ0) is 20.6. The third-order valence-corrected chi connectivity index (χ3v) is 5.04. The predicted molar refractivity (Wildman–Crippen MR) is 116 cm³/mol. The van der Waals surface area contributed by atoms with Crippen LogP contribution in [0.25, 0.3) is 0 Å². The van der Waals surface area contributed by atoms with Gasteiger partial charge in [-0.05, 0) is 57.3 Å².